The Bertz CT molecular complexity index is 931. The van der Waals surface area contributed by atoms with Gasteiger partial charge in [-0.15, -0.1) is 11.3 Å². The summed E-state index contributed by atoms with van der Waals surface area (Å²) in [6.07, 6.45) is 6.18. The van der Waals surface area contributed by atoms with Gasteiger partial charge in [0, 0.05) is 29.7 Å². The van der Waals surface area contributed by atoms with Gasteiger partial charge in [-0.25, -0.2) is 9.50 Å². The van der Waals surface area contributed by atoms with Crippen molar-refractivity contribution >= 4 is 40.1 Å². The van der Waals surface area contributed by atoms with Crippen LogP contribution in [-0.2, 0) is 0 Å². The lowest BCUT2D eigenvalue weighted by Gasteiger charge is -2.32. The second-order valence-corrected chi connectivity index (χ2v) is 7.21. The minimum atomic E-state index is -0.0781. The Labute approximate surface area is 148 Å². The van der Waals surface area contributed by atoms with Crippen LogP contribution in [0, 0.1) is 0 Å². The summed E-state index contributed by atoms with van der Waals surface area (Å²) in [5, 5.41) is 6.87. The second kappa shape index (κ2) is 6.03. The zero-order valence-electron chi connectivity index (χ0n) is 13.0. The molecule has 0 saturated carbocycles. The predicted molar refractivity (Wildman–Crippen MR) is 95.4 cm³/mol. The van der Waals surface area contributed by atoms with E-state index in [1.807, 2.05) is 4.90 Å². The maximum atomic E-state index is 12.8. The average Bonchev–Trinajstić information content (AvgIpc) is 3.23. The van der Waals surface area contributed by atoms with Gasteiger partial charge in [0.1, 0.15) is 0 Å². The number of aromatic nitrogens is 3. The van der Waals surface area contributed by atoms with Gasteiger partial charge in [-0.1, -0.05) is 23.7 Å². The maximum Gasteiger partial charge on any atom is 0.274 e. The molecule has 0 aromatic carbocycles. The Morgan fingerprint density at radius 3 is 3.08 bits per heavy atom. The molecule has 0 saturated heterocycles. The maximum absolute atomic E-state index is 12.8. The number of carbonyl (C=O) groups is 1. The predicted octanol–water partition coefficient (Wildman–Crippen LogP) is 3.76. The summed E-state index contributed by atoms with van der Waals surface area (Å²) in [6, 6.07) is 6.00. The van der Waals surface area contributed by atoms with Gasteiger partial charge in [-0.05, 0) is 30.4 Å². The zero-order chi connectivity index (χ0) is 16.7. The molecule has 122 valence electrons. The van der Waals surface area contributed by atoms with Gasteiger partial charge in [0.2, 0.25) is 0 Å². The topological polar surface area (TPSA) is 50.5 Å². The van der Waals surface area contributed by atoms with Crippen molar-refractivity contribution in [3.8, 4) is 0 Å². The molecule has 1 atom stereocenters. The second-order valence-electron chi connectivity index (χ2n) is 5.82. The Kier molecular flexibility index (Phi) is 3.86. The van der Waals surface area contributed by atoms with E-state index in [1.54, 1.807) is 29.8 Å². The minimum absolute atomic E-state index is 0.0781. The van der Waals surface area contributed by atoms with Gasteiger partial charge >= 0.3 is 0 Å². The molecular formula is C17H15ClN4OS. The summed E-state index contributed by atoms with van der Waals surface area (Å²) < 4.78 is 1.54. The fraction of sp³-hybridized carbons (Fsp3) is 0.235. The molecule has 0 radical (unpaired) electrons. The fourth-order valence-corrected chi connectivity index (χ4v) is 3.87. The van der Waals surface area contributed by atoms with Crippen molar-refractivity contribution in [2.45, 2.75) is 19.4 Å². The SMILES string of the molecule is CC1CC(c2cccs2)=CCN1C(=O)c1cc2ncc(Cl)cn2n1. The van der Waals surface area contributed by atoms with Gasteiger partial charge in [-0.3, -0.25) is 4.79 Å². The Morgan fingerprint density at radius 1 is 1.46 bits per heavy atom. The molecule has 1 amide bonds. The van der Waals surface area contributed by atoms with E-state index in [1.165, 1.54) is 15.0 Å². The standard InChI is InChI=1S/C17H15ClN4OS/c1-11-7-12(15-3-2-6-24-15)4-5-21(11)17(23)14-8-16-19-9-13(18)10-22(16)20-14/h2-4,6,8-11H,5,7H2,1H3. The number of thiophene rings is 1. The molecule has 7 heteroatoms. The van der Waals surface area contributed by atoms with E-state index in [4.69, 9.17) is 11.6 Å². The highest BCUT2D eigenvalue weighted by atomic mass is 35.5. The number of hydrogen-bond donors (Lipinski definition) is 0. The molecule has 0 spiro atoms. The highest BCUT2D eigenvalue weighted by molar-refractivity contribution is 7.11. The lowest BCUT2D eigenvalue weighted by molar-refractivity contribution is 0.0705. The fourth-order valence-electron chi connectivity index (χ4n) is 2.95. The van der Waals surface area contributed by atoms with Crippen molar-refractivity contribution in [1.29, 1.82) is 0 Å². The summed E-state index contributed by atoms with van der Waals surface area (Å²) in [5.74, 6) is -0.0781. The van der Waals surface area contributed by atoms with Crippen LogP contribution >= 0.6 is 22.9 Å². The van der Waals surface area contributed by atoms with Crippen LogP contribution in [0.1, 0.15) is 28.7 Å². The van der Waals surface area contributed by atoms with Crippen molar-refractivity contribution < 1.29 is 4.79 Å². The van der Waals surface area contributed by atoms with Gasteiger partial charge in [0.15, 0.2) is 11.3 Å². The Balaban J connectivity index is 1.59. The molecule has 0 fully saturated rings. The van der Waals surface area contributed by atoms with Gasteiger partial charge in [-0.2, -0.15) is 5.10 Å². The molecule has 0 bridgehead atoms. The van der Waals surface area contributed by atoms with E-state index >= 15 is 0 Å². The molecule has 4 rings (SSSR count). The highest BCUT2D eigenvalue weighted by Gasteiger charge is 2.27. The first kappa shape index (κ1) is 15.4. The van der Waals surface area contributed by atoms with Crippen molar-refractivity contribution in [1.82, 2.24) is 19.5 Å². The molecule has 24 heavy (non-hydrogen) atoms. The largest absolute Gasteiger partial charge is 0.330 e. The van der Waals surface area contributed by atoms with Crippen molar-refractivity contribution in [2.24, 2.45) is 0 Å². The number of carbonyl (C=O) groups excluding carboxylic acids is 1. The van der Waals surface area contributed by atoms with E-state index < -0.39 is 0 Å². The number of amides is 1. The molecule has 0 aliphatic carbocycles. The van der Waals surface area contributed by atoms with Crippen LogP contribution in [0.25, 0.3) is 11.2 Å². The molecule has 1 unspecified atom stereocenters. The van der Waals surface area contributed by atoms with Crippen LogP contribution in [0.5, 0.6) is 0 Å². The quantitative estimate of drug-likeness (QED) is 0.700. The van der Waals surface area contributed by atoms with E-state index in [0.717, 1.165) is 6.42 Å². The zero-order valence-corrected chi connectivity index (χ0v) is 14.6. The monoisotopic (exact) mass is 358 g/mol. The normalized spacial score (nSPS) is 18.0. The summed E-state index contributed by atoms with van der Waals surface area (Å²) in [4.78, 5) is 20.1. The van der Waals surface area contributed by atoms with Crippen molar-refractivity contribution in [3.05, 3.63) is 57.6 Å². The first-order valence-corrected chi connectivity index (χ1v) is 8.92. The number of hydrogen-bond acceptors (Lipinski definition) is 4. The third kappa shape index (κ3) is 2.72. The van der Waals surface area contributed by atoms with Crippen LogP contribution in [0.2, 0.25) is 5.02 Å². The Hall–Kier alpha value is -2.18. The lowest BCUT2D eigenvalue weighted by atomic mass is 9.99. The van der Waals surface area contributed by atoms with Crippen LogP contribution in [-0.4, -0.2) is 38.0 Å². The summed E-state index contributed by atoms with van der Waals surface area (Å²) in [5.41, 5.74) is 2.32. The lowest BCUT2D eigenvalue weighted by Crippen LogP contribution is -2.41. The van der Waals surface area contributed by atoms with E-state index in [-0.39, 0.29) is 11.9 Å². The van der Waals surface area contributed by atoms with Crippen molar-refractivity contribution in [2.75, 3.05) is 6.54 Å². The van der Waals surface area contributed by atoms with Crippen LogP contribution in [0.3, 0.4) is 0 Å². The minimum Gasteiger partial charge on any atom is -0.330 e. The Morgan fingerprint density at radius 2 is 2.33 bits per heavy atom. The first-order valence-electron chi connectivity index (χ1n) is 7.66. The molecule has 1 aliphatic rings. The summed E-state index contributed by atoms with van der Waals surface area (Å²) >= 11 is 7.65. The van der Waals surface area contributed by atoms with Gasteiger partial charge in [0.05, 0.1) is 11.2 Å². The third-order valence-electron chi connectivity index (χ3n) is 4.18. The highest BCUT2D eigenvalue weighted by Crippen LogP contribution is 2.29. The third-order valence-corrected chi connectivity index (χ3v) is 5.32. The van der Waals surface area contributed by atoms with Crippen LogP contribution in [0.15, 0.2) is 42.0 Å². The molecular weight excluding hydrogens is 344 g/mol. The van der Waals surface area contributed by atoms with Crippen LogP contribution < -0.4 is 0 Å². The van der Waals surface area contributed by atoms with E-state index in [2.05, 4.69) is 40.6 Å². The molecule has 0 N–H and O–H groups in total. The number of fused-ring (bicyclic) bond motifs is 1. The number of rotatable bonds is 2. The molecule has 1 aliphatic heterocycles. The first-order chi connectivity index (χ1) is 11.6. The number of halogens is 1. The molecule has 3 aromatic heterocycles. The van der Waals surface area contributed by atoms with Gasteiger partial charge in [0.25, 0.3) is 5.91 Å². The molecule has 3 aromatic rings. The van der Waals surface area contributed by atoms with E-state index in [0.29, 0.717) is 22.9 Å². The van der Waals surface area contributed by atoms with Crippen LogP contribution in [0.4, 0.5) is 0 Å². The smallest absolute Gasteiger partial charge is 0.274 e. The summed E-state index contributed by atoms with van der Waals surface area (Å²) in [6.45, 7) is 2.67. The molecule has 5 nitrogen and oxygen atoms in total. The summed E-state index contributed by atoms with van der Waals surface area (Å²) in [7, 11) is 0. The van der Waals surface area contributed by atoms with E-state index in [9.17, 15) is 4.79 Å². The molecule has 4 heterocycles. The van der Waals surface area contributed by atoms with Gasteiger partial charge < -0.3 is 4.90 Å². The number of nitrogens with zero attached hydrogens (tertiary/aromatic N) is 4. The van der Waals surface area contributed by atoms with Crippen molar-refractivity contribution in [3.63, 3.8) is 0 Å². The average molecular weight is 359 g/mol.